The molecule has 0 atom stereocenters. The average molecular weight is 516 g/mol. The fraction of sp³-hybridized carbons (Fsp3) is 0.833. The third-order valence-electron chi connectivity index (χ3n) is 4.55. The number of hydrogen-bond acceptors (Lipinski definition) is 1. The van der Waals surface area contributed by atoms with Crippen molar-refractivity contribution >= 4 is 5.97 Å². The molecule has 0 saturated heterocycles. The van der Waals surface area contributed by atoms with Crippen molar-refractivity contribution in [2.75, 3.05) is 0 Å². The Labute approximate surface area is 179 Å². The molecule has 0 radical (unpaired) electrons. The average Bonchev–Trinajstić information content (AvgIpc) is 2.64. The Morgan fingerprint density at radius 2 is 1.00 bits per heavy atom. The first-order chi connectivity index (χ1) is 14.7. The smallest absolute Gasteiger partial charge is 0.460 e. The third kappa shape index (κ3) is 7.14. The van der Waals surface area contributed by atoms with Gasteiger partial charge in [-0.3, -0.25) is 4.79 Å². The fourth-order valence-electron chi connectivity index (χ4n) is 2.53. The molecule has 2 nitrogen and oxygen atoms in total. The number of carbonyl (C=O) groups is 1. The van der Waals surface area contributed by atoms with E-state index in [1.807, 2.05) is 0 Å². The Hall–Kier alpha value is -1.70. The summed E-state index contributed by atoms with van der Waals surface area (Å²) >= 11 is 0. The second-order valence-corrected chi connectivity index (χ2v) is 7.21. The zero-order chi connectivity index (χ0) is 26.4. The minimum absolute atomic E-state index is 0.0163. The van der Waals surface area contributed by atoms with Crippen molar-refractivity contribution in [1.82, 2.24) is 0 Å². The first-order valence-corrected chi connectivity index (χ1v) is 9.49. The van der Waals surface area contributed by atoms with Crippen LogP contribution in [0.4, 0.5) is 57.1 Å². The van der Waals surface area contributed by atoms with Crippen LogP contribution >= 0.6 is 0 Å². The van der Waals surface area contributed by atoms with Crippen molar-refractivity contribution in [3.05, 3.63) is 12.2 Å². The lowest BCUT2D eigenvalue weighted by atomic mass is 9.92. The molecule has 33 heavy (non-hydrogen) atoms. The molecule has 0 aliphatic carbocycles. The fourth-order valence-corrected chi connectivity index (χ4v) is 2.53. The summed E-state index contributed by atoms with van der Waals surface area (Å²) in [4.78, 5) is 10.3. The van der Waals surface area contributed by atoms with Gasteiger partial charge in [-0.1, -0.05) is 31.4 Å². The van der Waals surface area contributed by atoms with E-state index in [4.69, 9.17) is 5.11 Å². The van der Waals surface area contributed by atoms with Crippen LogP contribution in [0.5, 0.6) is 0 Å². The van der Waals surface area contributed by atoms with Crippen LogP contribution in [0.15, 0.2) is 12.2 Å². The molecule has 0 aromatic carbocycles. The van der Waals surface area contributed by atoms with Crippen molar-refractivity contribution in [2.45, 2.75) is 93.6 Å². The molecule has 0 unspecified atom stereocenters. The van der Waals surface area contributed by atoms with Gasteiger partial charge >= 0.3 is 41.8 Å². The van der Waals surface area contributed by atoms with Crippen LogP contribution in [0.3, 0.4) is 0 Å². The van der Waals surface area contributed by atoms with Crippen molar-refractivity contribution in [3.63, 3.8) is 0 Å². The molecule has 196 valence electrons. The predicted molar refractivity (Wildman–Crippen MR) is 89.1 cm³/mol. The molecular weight excluding hydrogens is 495 g/mol. The minimum Gasteiger partial charge on any atom is -0.481 e. The number of unbranched alkanes of at least 4 members (excludes halogenated alkanes) is 5. The summed E-state index contributed by atoms with van der Waals surface area (Å²) in [5.74, 6) is -37.6. The van der Waals surface area contributed by atoms with Crippen LogP contribution in [-0.2, 0) is 4.79 Å². The molecule has 0 aliphatic heterocycles. The summed E-state index contributed by atoms with van der Waals surface area (Å²) in [6, 6.07) is 0. The Bertz CT molecular complexity index is 654. The molecule has 0 bridgehead atoms. The maximum Gasteiger partial charge on any atom is 0.460 e. The number of rotatable bonds is 15. The van der Waals surface area contributed by atoms with Gasteiger partial charge in [0.15, 0.2) is 0 Å². The van der Waals surface area contributed by atoms with E-state index in [1.165, 1.54) is 6.08 Å². The van der Waals surface area contributed by atoms with Crippen LogP contribution in [0.2, 0.25) is 0 Å². The summed E-state index contributed by atoms with van der Waals surface area (Å²) in [6.07, 6.45) is -5.80. The third-order valence-corrected chi connectivity index (χ3v) is 4.55. The van der Waals surface area contributed by atoms with Gasteiger partial charge in [-0.2, -0.15) is 57.1 Å². The number of allylic oxidation sites excluding steroid dienone is 2. The molecule has 0 spiro atoms. The van der Waals surface area contributed by atoms with Gasteiger partial charge < -0.3 is 5.11 Å². The van der Waals surface area contributed by atoms with Gasteiger partial charge in [0, 0.05) is 12.8 Å². The summed E-state index contributed by atoms with van der Waals surface area (Å²) < 4.78 is 168. The van der Waals surface area contributed by atoms with E-state index >= 15 is 0 Å². The van der Waals surface area contributed by atoms with Gasteiger partial charge in [0.2, 0.25) is 0 Å². The molecular formula is C18H21F13O2. The lowest BCUT2D eigenvalue weighted by Crippen LogP contribution is -2.70. The Morgan fingerprint density at radius 3 is 1.48 bits per heavy atom. The molecule has 1 N–H and O–H groups in total. The normalized spacial score (nSPS) is 14.8. The predicted octanol–water partition coefficient (Wildman–Crippen LogP) is 7.88. The highest BCUT2D eigenvalue weighted by molar-refractivity contribution is 5.66. The molecule has 0 aliphatic rings. The molecule has 0 rings (SSSR count). The lowest BCUT2D eigenvalue weighted by molar-refractivity contribution is -0.440. The van der Waals surface area contributed by atoms with Gasteiger partial charge in [-0.05, 0) is 25.7 Å². The second kappa shape index (κ2) is 11.2. The molecule has 0 aromatic heterocycles. The van der Waals surface area contributed by atoms with Gasteiger partial charge in [-0.25, -0.2) is 0 Å². The maximum atomic E-state index is 13.6. The van der Waals surface area contributed by atoms with Gasteiger partial charge in [-0.15, -0.1) is 0 Å². The molecule has 0 heterocycles. The summed E-state index contributed by atoms with van der Waals surface area (Å²) in [6.45, 7) is 0. The van der Waals surface area contributed by atoms with Crippen LogP contribution in [-0.4, -0.2) is 46.9 Å². The highest BCUT2D eigenvalue weighted by Gasteiger charge is 2.90. The first-order valence-electron chi connectivity index (χ1n) is 9.49. The van der Waals surface area contributed by atoms with E-state index in [0.717, 1.165) is 6.08 Å². The number of alkyl halides is 13. The van der Waals surface area contributed by atoms with E-state index < -0.39 is 54.6 Å². The van der Waals surface area contributed by atoms with Crippen molar-refractivity contribution in [1.29, 1.82) is 0 Å². The number of hydrogen-bond donors (Lipinski definition) is 1. The van der Waals surface area contributed by atoms with Crippen LogP contribution in [0.25, 0.3) is 0 Å². The SMILES string of the molecule is O=C(O)CCCCCCC/C=C\CCC(F)(F)C(F)(F)C(F)(F)C(F)(F)C(F)(F)C(F)(F)F. The summed E-state index contributed by atoms with van der Waals surface area (Å²) in [7, 11) is 0. The number of carboxylic acids is 1. The Morgan fingerprint density at radius 1 is 0.576 bits per heavy atom. The largest absolute Gasteiger partial charge is 0.481 e. The van der Waals surface area contributed by atoms with E-state index in [1.54, 1.807) is 0 Å². The van der Waals surface area contributed by atoms with Crippen LogP contribution < -0.4 is 0 Å². The molecule has 0 saturated carbocycles. The maximum absolute atomic E-state index is 13.6. The molecule has 0 amide bonds. The summed E-state index contributed by atoms with van der Waals surface area (Å²) in [5.41, 5.74) is 0. The number of halogens is 13. The van der Waals surface area contributed by atoms with Crippen LogP contribution in [0, 0.1) is 0 Å². The highest BCUT2D eigenvalue weighted by atomic mass is 19.4. The number of carboxylic acid groups (broad SMARTS) is 1. The minimum atomic E-state index is -7.87. The van der Waals surface area contributed by atoms with E-state index in [0.29, 0.717) is 32.1 Å². The summed E-state index contributed by atoms with van der Waals surface area (Å²) in [5, 5.41) is 8.43. The Balaban J connectivity index is 4.93. The highest BCUT2D eigenvalue weighted by Crippen LogP contribution is 2.60. The monoisotopic (exact) mass is 516 g/mol. The molecule has 15 heteroatoms. The van der Waals surface area contributed by atoms with Gasteiger partial charge in [0.25, 0.3) is 0 Å². The zero-order valence-corrected chi connectivity index (χ0v) is 16.8. The van der Waals surface area contributed by atoms with Crippen LogP contribution in [0.1, 0.15) is 57.8 Å². The Kier molecular flexibility index (Phi) is 10.6. The van der Waals surface area contributed by atoms with E-state index in [9.17, 15) is 61.9 Å². The van der Waals surface area contributed by atoms with E-state index in [2.05, 4.69) is 0 Å². The standard InChI is InChI=1S/C18H21F13O2/c19-13(20,11-9-7-5-3-1-2-4-6-8-10-12(32)33)14(21,22)15(23,24)16(25,26)17(27,28)18(29,30)31/h5,7H,1-4,6,8-11H2,(H,32,33)/b7-5-. The lowest BCUT2D eigenvalue weighted by Gasteiger charge is -2.39. The van der Waals surface area contributed by atoms with Crippen molar-refractivity contribution < 1.29 is 67.0 Å². The van der Waals surface area contributed by atoms with Crippen molar-refractivity contribution in [3.8, 4) is 0 Å². The molecule has 0 fully saturated rings. The van der Waals surface area contributed by atoms with Gasteiger partial charge in [0.1, 0.15) is 0 Å². The topological polar surface area (TPSA) is 37.3 Å². The molecule has 0 aromatic rings. The zero-order valence-electron chi connectivity index (χ0n) is 16.8. The van der Waals surface area contributed by atoms with E-state index in [-0.39, 0.29) is 12.8 Å². The number of aliphatic carboxylic acids is 1. The second-order valence-electron chi connectivity index (χ2n) is 7.21. The quantitative estimate of drug-likeness (QED) is 0.137. The van der Waals surface area contributed by atoms with Gasteiger partial charge in [0.05, 0.1) is 0 Å². The first kappa shape index (κ1) is 31.3. The van der Waals surface area contributed by atoms with Crippen molar-refractivity contribution in [2.24, 2.45) is 0 Å².